The van der Waals surface area contributed by atoms with Crippen LogP contribution in [0, 0.1) is 0 Å². The quantitative estimate of drug-likeness (QED) is 0.255. The Morgan fingerprint density at radius 3 is 0.629 bits per heavy atom. The number of benzene rings is 4. The van der Waals surface area contributed by atoms with Gasteiger partial charge in [-0.1, -0.05) is 200 Å². The van der Waals surface area contributed by atoms with Crippen LogP contribution in [-0.2, 0) is 0 Å². The molecule has 0 aliphatic carbocycles. The van der Waals surface area contributed by atoms with E-state index in [1.54, 1.807) is 0 Å². The maximum absolute atomic E-state index is 2.12. The van der Waals surface area contributed by atoms with Crippen LogP contribution in [0.4, 0.5) is 0 Å². The fraction of sp³-hybridized carbons (Fsp3) is 0.371. The van der Waals surface area contributed by atoms with E-state index in [0.717, 1.165) is 0 Å². The lowest BCUT2D eigenvalue weighted by Gasteiger charge is -1.98. The van der Waals surface area contributed by atoms with Gasteiger partial charge in [0.05, 0.1) is 0 Å². The van der Waals surface area contributed by atoms with Crippen molar-refractivity contribution in [3.05, 3.63) is 109 Å². The highest BCUT2D eigenvalue weighted by Crippen LogP contribution is 2.17. The lowest BCUT2D eigenvalue weighted by atomic mass is 10.1. The first-order valence-corrected chi connectivity index (χ1v) is 13.5. The zero-order valence-corrected chi connectivity index (χ0v) is 24.4. The number of hydrogen-bond donors (Lipinski definition) is 0. The Morgan fingerprint density at radius 2 is 0.429 bits per heavy atom. The van der Waals surface area contributed by atoms with E-state index in [0.29, 0.717) is 0 Å². The second-order valence-corrected chi connectivity index (χ2v) is 5.08. The van der Waals surface area contributed by atoms with Crippen LogP contribution in [0.5, 0.6) is 0 Å². The maximum atomic E-state index is 2.12. The molecule has 0 aliphatic heterocycles. The molecule has 0 saturated heterocycles. The van der Waals surface area contributed by atoms with Crippen LogP contribution in [0.1, 0.15) is 90.5 Å². The lowest BCUT2D eigenvalue weighted by Crippen LogP contribution is -1.73. The molecule has 0 fully saturated rings. The minimum atomic E-state index is 0. The number of fused-ring (bicyclic) bond motifs is 1. The summed E-state index contributed by atoms with van der Waals surface area (Å²) in [6.07, 6.45) is 0. The van der Waals surface area contributed by atoms with E-state index in [9.17, 15) is 0 Å². The molecule has 0 amide bonds. The highest BCUT2D eigenvalue weighted by atomic mass is 14.0. The van der Waals surface area contributed by atoms with E-state index in [2.05, 4.69) is 97.1 Å². The van der Waals surface area contributed by atoms with Gasteiger partial charge in [0.15, 0.2) is 0 Å². The molecule has 4 rings (SSSR count). The molecule has 0 bridgehead atoms. The summed E-state index contributed by atoms with van der Waals surface area (Å²) >= 11 is 0. The minimum absolute atomic E-state index is 0. The maximum Gasteiger partial charge on any atom is -0.0184 e. The van der Waals surface area contributed by atoms with Gasteiger partial charge in [-0.25, -0.2) is 0 Å². The summed E-state index contributed by atoms with van der Waals surface area (Å²) in [5.41, 5.74) is 2.55. The van der Waals surface area contributed by atoms with Gasteiger partial charge in [-0.15, -0.1) is 0 Å². The van der Waals surface area contributed by atoms with Crippen molar-refractivity contribution in [3.8, 4) is 11.1 Å². The molecule has 0 unspecified atom stereocenters. The normalized spacial score (nSPS) is 7.20. The molecule has 0 saturated carbocycles. The topological polar surface area (TPSA) is 0 Å². The standard InChI is InChI=1S/C12H10.C10H8.6C2H6.CH4/c1-3-7-11(8-4-1)12-9-5-2-6-10-12;1-2-6-10-8-4-3-7-9(10)5-1;6*1-2;/h1-10H;1-8H;6*1-2H3;1H4. The Labute approximate surface area is 221 Å². The van der Waals surface area contributed by atoms with E-state index in [1.807, 2.05) is 95.2 Å². The summed E-state index contributed by atoms with van der Waals surface area (Å²) in [6.45, 7) is 24.0. The second-order valence-electron chi connectivity index (χ2n) is 5.08. The summed E-state index contributed by atoms with van der Waals surface area (Å²) in [5.74, 6) is 0. The molecule has 4 aromatic rings. The SMILES string of the molecule is C.CC.CC.CC.CC.CC.CC.c1ccc(-c2ccccc2)cc1.c1ccc2ccccc2c1. The van der Waals surface area contributed by atoms with Crippen molar-refractivity contribution in [3.63, 3.8) is 0 Å². The largest absolute Gasteiger partial charge is 0.0776 e. The fourth-order valence-electron chi connectivity index (χ4n) is 2.39. The Morgan fingerprint density at radius 1 is 0.257 bits per heavy atom. The molecular weight excluding hydrogens is 420 g/mol. The third-order valence-electron chi connectivity index (χ3n) is 3.54. The second kappa shape index (κ2) is 38.4. The molecule has 35 heavy (non-hydrogen) atoms. The van der Waals surface area contributed by atoms with Crippen molar-refractivity contribution in [1.29, 1.82) is 0 Å². The van der Waals surface area contributed by atoms with Gasteiger partial charge >= 0.3 is 0 Å². The summed E-state index contributed by atoms with van der Waals surface area (Å²) in [7, 11) is 0. The summed E-state index contributed by atoms with van der Waals surface area (Å²) in [5, 5.41) is 2.62. The molecule has 0 spiro atoms. The number of rotatable bonds is 1. The highest BCUT2D eigenvalue weighted by molar-refractivity contribution is 5.82. The smallest absolute Gasteiger partial charge is 0.0184 e. The van der Waals surface area contributed by atoms with Crippen molar-refractivity contribution in [1.82, 2.24) is 0 Å². The Balaban J connectivity index is -0.000000119. The molecular formula is C35H58. The molecule has 0 aromatic heterocycles. The zero-order chi connectivity index (χ0) is 27.0. The summed E-state index contributed by atoms with van der Waals surface area (Å²) in [6, 6.07) is 37.5. The first-order valence-electron chi connectivity index (χ1n) is 13.5. The fourth-order valence-corrected chi connectivity index (χ4v) is 2.39. The van der Waals surface area contributed by atoms with Crippen molar-refractivity contribution in [2.45, 2.75) is 90.5 Å². The predicted molar refractivity (Wildman–Crippen MR) is 171 cm³/mol. The van der Waals surface area contributed by atoms with Crippen LogP contribution >= 0.6 is 0 Å². The highest BCUT2D eigenvalue weighted by Gasteiger charge is 1.91. The minimum Gasteiger partial charge on any atom is -0.0776 e. The van der Waals surface area contributed by atoms with Crippen LogP contribution in [0.25, 0.3) is 21.9 Å². The Bertz CT molecular complexity index is 715. The van der Waals surface area contributed by atoms with Gasteiger partial charge in [-0.3, -0.25) is 0 Å². The lowest BCUT2D eigenvalue weighted by molar-refractivity contribution is 1.50. The van der Waals surface area contributed by atoms with Crippen LogP contribution in [0.15, 0.2) is 109 Å². The van der Waals surface area contributed by atoms with Crippen molar-refractivity contribution in [2.24, 2.45) is 0 Å². The van der Waals surface area contributed by atoms with Crippen molar-refractivity contribution < 1.29 is 0 Å². The molecule has 0 aliphatic rings. The molecule has 198 valence electrons. The molecule has 0 heterocycles. The first kappa shape index (κ1) is 42.3. The average molecular weight is 479 g/mol. The van der Waals surface area contributed by atoms with Crippen molar-refractivity contribution >= 4 is 10.8 Å². The van der Waals surface area contributed by atoms with Gasteiger partial charge in [0.25, 0.3) is 0 Å². The van der Waals surface area contributed by atoms with Crippen LogP contribution in [0.3, 0.4) is 0 Å². The first-order chi connectivity index (χ1) is 16.9. The van der Waals surface area contributed by atoms with E-state index in [1.165, 1.54) is 21.9 Å². The van der Waals surface area contributed by atoms with Crippen LogP contribution in [-0.4, -0.2) is 0 Å². The van der Waals surface area contributed by atoms with Gasteiger partial charge in [0.2, 0.25) is 0 Å². The predicted octanol–water partition coefficient (Wildman–Crippen LogP) is 13.0. The Kier molecular flexibility index (Phi) is 46.4. The van der Waals surface area contributed by atoms with E-state index in [-0.39, 0.29) is 7.43 Å². The van der Waals surface area contributed by atoms with Crippen molar-refractivity contribution in [2.75, 3.05) is 0 Å². The molecule has 0 heteroatoms. The van der Waals surface area contributed by atoms with Crippen LogP contribution in [0.2, 0.25) is 0 Å². The van der Waals surface area contributed by atoms with E-state index < -0.39 is 0 Å². The summed E-state index contributed by atoms with van der Waals surface area (Å²) < 4.78 is 0. The van der Waals surface area contributed by atoms with Gasteiger partial charge < -0.3 is 0 Å². The molecule has 0 radical (unpaired) electrons. The van der Waals surface area contributed by atoms with Gasteiger partial charge in [-0.2, -0.15) is 0 Å². The van der Waals surface area contributed by atoms with E-state index >= 15 is 0 Å². The monoisotopic (exact) mass is 478 g/mol. The van der Waals surface area contributed by atoms with Crippen LogP contribution < -0.4 is 0 Å². The molecule has 0 N–H and O–H groups in total. The molecule has 0 atom stereocenters. The number of hydrogen-bond acceptors (Lipinski definition) is 0. The van der Waals surface area contributed by atoms with Gasteiger partial charge in [-0.05, 0) is 21.9 Å². The molecule has 0 nitrogen and oxygen atoms in total. The molecule has 4 aromatic carbocycles. The van der Waals surface area contributed by atoms with E-state index in [4.69, 9.17) is 0 Å². The zero-order valence-electron chi connectivity index (χ0n) is 24.4. The third kappa shape index (κ3) is 21.4. The van der Waals surface area contributed by atoms with Gasteiger partial charge in [0.1, 0.15) is 0 Å². The average Bonchev–Trinajstić information content (AvgIpc) is 3.01. The third-order valence-corrected chi connectivity index (χ3v) is 3.54. The van der Waals surface area contributed by atoms with Gasteiger partial charge in [0, 0.05) is 0 Å². The summed E-state index contributed by atoms with van der Waals surface area (Å²) in [4.78, 5) is 0. The Hall–Kier alpha value is -2.86.